The van der Waals surface area contributed by atoms with Gasteiger partial charge in [0.05, 0.1) is 18.8 Å². The molecule has 1 aromatic carbocycles. The van der Waals surface area contributed by atoms with Gasteiger partial charge in [-0.25, -0.2) is 4.79 Å². The lowest BCUT2D eigenvalue weighted by molar-refractivity contribution is -0.157. The molecule has 0 unspecified atom stereocenters. The van der Waals surface area contributed by atoms with Crippen molar-refractivity contribution in [1.82, 2.24) is 0 Å². The molecule has 4 rings (SSSR count). The van der Waals surface area contributed by atoms with Crippen LogP contribution in [0.5, 0.6) is 0 Å². The second-order valence-electron chi connectivity index (χ2n) is 8.85. The first-order chi connectivity index (χ1) is 14.6. The Morgan fingerprint density at radius 3 is 2.63 bits per heavy atom. The fraction of sp³-hybridized carbons (Fsp3) is 0.600. The van der Waals surface area contributed by atoms with E-state index in [2.05, 4.69) is 6.92 Å². The molecule has 0 N–H and O–H groups in total. The van der Waals surface area contributed by atoms with E-state index in [1.165, 1.54) is 0 Å². The van der Waals surface area contributed by atoms with E-state index in [-0.39, 0.29) is 23.8 Å². The lowest BCUT2D eigenvalue weighted by atomic mass is 9.90. The van der Waals surface area contributed by atoms with Crippen molar-refractivity contribution in [2.75, 3.05) is 13.2 Å². The molecule has 5 nitrogen and oxygen atoms in total. The standard InChI is InChI=1S/C25H32O5/c1-2-3-5-10-20(26)11-12-21-22-17-25(28-13-14-29-25)16-19(22)15-23(21)30-24(27)18-8-6-4-7-9-18/h4,6-9,11-12,19,21-23H,2-3,5,10,13-17H2,1H3/t19-,21-,22+,23-/m1/s1. The molecule has 3 aliphatic rings. The van der Waals surface area contributed by atoms with E-state index in [0.717, 1.165) is 38.5 Å². The monoisotopic (exact) mass is 412 g/mol. The van der Waals surface area contributed by atoms with Gasteiger partial charge in [0, 0.05) is 25.2 Å². The first-order valence-electron chi connectivity index (χ1n) is 11.4. The second-order valence-corrected chi connectivity index (χ2v) is 8.85. The molecule has 162 valence electrons. The Hall–Kier alpha value is -1.98. The SMILES string of the molecule is CCCCCC(=O)C=C[C@@H]1[C@H]2CC3(C[C@H]2C[C@H]1OC(=O)c1ccccc1)OCCO3. The van der Waals surface area contributed by atoms with E-state index in [0.29, 0.717) is 37.0 Å². The number of hydrogen-bond donors (Lipinski definition) is 0. The number of ketones is 1. The summed E-state index contributed by atoms with van der Waals surface area (Å²) in [5.74, 6) is 0.0846. The number of carbonyl (C=O) groups excluding carboxylic acids is 2. The van der Waals surface area contributed by atoms with Crippen molar-refractivity contribution in [2.45, 2.75) is 63.8 Å². The predicted octanol–water partition coefficient (Wildman–Crippen LogP) is 4.71. The van der Waals surface area contributed by atoms with E-state index in [1.54, 1.807) is 18.2 Å². The zero-order valence-corrected chi connectivity index (χ0v) is 17.8. The van der Waals surface area contributed by atoms with E-state index in [4.69, 9.17) is 14.2 Å². The third kappa shape index (κ3) is 4.68. The number of ether oxygens (including phenoxy) is 3. The number of fused-ring (bicyclic) bond motifs is 1. The van der Waals surface area contributed by atoms with Crippen molar-refractivity contribution in [3.63, 3.8) is 0 Å². The van der Waals surface area contributed by atoms with Crippen LogP contribution in [0.15, 0.2) is 42.5 Å². The van der Waals surface area contributed by atoms with Gasteiger partial charge in [-0.1, -0.05) is 44.0 Å². The molecule has 0 radical (unpaired) electrons. The first kappa shape index (κ1) is 21.3. The first-order valence-corrected chi connectivity index (χ1v) is 11.4. The van der Waals surface area contributed by atoms with Gasteiger partial charge in [-0.2, -0.15) is 0 Å². The van der Waals surface area contributed by atoms with Crippen LogP contribution in [0.3, 0.4) is 0 Å². The van der Waals surface area contributed by atoms with Gasteiger partial charge in [0.1, 0.15) is 6.10 Å². The molecule has 1 aliphatic heterocycles. The molecule has 5 heteroatoms. The highest BCUT2D eigenvalue weighted by Gasteiger charge is 2.57. The number of hydrogen-bond acceptors (Lipinski definition) is 5. The van der Waals surface area contributed by atoms with Gasteiger partial charge in [0.15, 0.2) is 11.6 Å². The maximum atomic E-state index is 12.7. The summed E-state index contributed by atoms with van der Waals surface area (Å²) in [6.07, 6.45) is 9.60. The van der Waals surface area contributed by atoms with Crippen molar-refractivity contribution in [3.05, 3.63) is 48.0 Å². The van der Waals surface area contributed by atoms with Crippen molar-refractivity contribution < 1.29 is 23.8 Å². The highest BCUT2D eigenvalue weighted by atomic mass is 16.7. The minimum Gasteiger partial charge on any atom is -0.458 e. The van der Waals surface area contributed by atoms with E-state index in [1.807, 2.05) is 24.3 Å². The molecular weight excluding hydrogens is 380 g/mol. The lowest BCUT2D eigenvalue weighted by Crippen LogP contribution is -2.31. The zero-order chi connectivity index (χ0) is 21.0. The van der Waals surface area contributed by atoms with E-state index >= 15 is 0 Å². The van der Waals surface area contributed by atoms with E-state index in [9.17, 15) is 9.59 Å². The van der Waals surface area contributed by atoms with Crippen LogP contribution in [0.25, 0.3) is 0 Å². The molecule has 0 amide bonds. The number of unbranched alkanes of at least 4 members (excludes halogenated alkanes) is 2. The van der Waals surface area contributed by atoms with Crippen LogP contribution < -0.4 is 0 Å². The fourth-order valence-corrected chi connectivity index (χ4v) is 5.36. The molecule has 4 atom stereocenters. The Bertz CT molecular complexity index is 765. The van der Waals surface area contributed by atoms with Crippen LogP contribution in [0.4, 0.5) is 0 Å². The summed E-state index contributed by atoms with van der Waals surface area (Å²) in [6, 6.07) is 9.11. The van der Waals surface area contributed by atoms with E-state index < -0.39 is 5.79 Å². The highest BCUT2D eigenvalue weighted by Crippen LogP contribution is 2.55. The minimum absolute atomic E-state index is 0.0185. The number of allylic oxidation sites excluding steroid dienone is 1. The average Bonchev–Trinajstić information content (AvgIpc) is 3.43. The molecule has 2 aliphatic carbocycles. The zero-order valence-electron chi connectivity index (χ0n) is 17.8. The van der Waals surface area contributed by atoms with Crippen molar-refractivity contribution in [3.8, 4) is 0 Å². The summed E-state index contributed by atoms with van der Waals surface area (Å²) < 4.78 is 17.8. The van der Waals surface area contributed by atoms with Gasteiger partial charge in [-0.15, -0.1) is 0 Å². The van der Waals surface area contributed by atoms with Crippen LogP contribution in [0.2, 0.25) is 0 Å². The summed E-state index contributed by atoms with van der Waals surface area (Å²) in [5, 5.41) is 0. The largest absolute Gasteiger partial charge is 0.458 e. The lowest BCUT2D eigenvalue weighted by Gasteiger charge is -2.26. The van der Waals surface area contributed by atoms with Crippen LogP contribution in [-0.2, 0) is 19.0 Å². The average molecular weight is 413 g/mol. The number of carbonyl (C=O) groups is 2. The van der Waals surface area contributed by atoms with Gasteiger partial charge in [-0.3, -0.25) is 4.79 Å². The molecular formula is C25H32O5. The highest BCUT2D eigenvalue weighted by molar-refractivity contribution is 5.90. The molecule has 3 fully saturated rings. The van der Waals surface area contributed by atoms with Crippen LogP contribution in [-0.4, -0.2) is 36.9 Å². The molecule has 2 saturated carbocycles. The topological polar surface area (TPSA) is 61.8 Å². The number of benzene rings is 1. The Labute approximate surface area is 178 Å². The molecule has 1 spiro atoms. The maximum Gasteiger partial charge on any atom is 0.338 e. The molecule has 30 heavy (non-hydrogen) atoms. The third-order valence-electron chi connectivity index (χ3n) is 6.80. The van der Waals surface area contributed by atoms with Crippen molar-refractivity contribution >= 4 is 11.8 Å². The Morgan fingerprint density at radius 1 is 1.13 bits per heavy atom. The van der Waals surface area contributed by atoms with Gasteiger partial charge in [0.25, 0.3) is 0 Å². The predicted molar refractivity (Wildman–Crippen MR) is 113 cm³/mol. The molecule has 1 saturated heterocycles. The normalized spacial score (nSPS) is 29.5. The Kier molecular flexibility index (Phi) is 6.69. The third-order valence-corrected chi connectivity index (χ3v) is 6.80. The number of rotatable bonds is 8. The summed E-state index contributed by atoms with van der Waals surface area (Å²) in [5.41, 5.74) is 0.562. The van der Waals surface area contributed by atoms with Gasteiger partial charge < -0.3 is 14.2 Å². The Balaban J connectivity index is 1.46. The van der Waals surface area contributed by atoms with Gasteiger partial charge in [0.2, 0.25) is 0 Å². The van der Waals surface area contributed by atoms with Crippen LogP contribution in [0.1, 0.15) is 62.2 Å². The van der Waals surface area contributed by atoms with Gasteiger partial charge >= 0.3 is 5.97 Å². The molecule has 0 aromatic heterocycles. The fourth-order valence-electron chi connectivity index (χ4n) is 5.36. The second kappa shape index (κ2) is 9.44. The molecule has 0 bridgehead atoms. The van der Waals surface area contributed by atoms with Crippen LogP contribution in [0, 0.1) is 17.8 Å². The Morgan fingerprint density at radius 2 is 1.90 bits per heavy atom. The smallest absolute Gasteiger partial charge is 0.338 e. The minimum atomic E-state index is -0.471. The maximum absolute atomic E-state index is 12.7. The van der Waals surface area contributed by atoms with Crippen LogP contribution >= 0.6 is 0 Å². The summed E-state index contributed by atoms with van der Waals surface area (Å²) >= 11 is 0. The summed E-state index contributed by atoms with van der Waals surface area (Å²) in [6.45, 7) is 3.42. The number of esters is 1. The molecule has 1 heterocycles. The quantitative estimate of drug-likeness (QED) is 0.352. The summed E-state index contributed by atoms with van der Waals surface area (Å²) in [7, 11) is 0. The van der Waals surface area contributed by atoms with Crippen molar-refractivity contribution in [2.24, 2.45) is 17.8 Å². The van der Waals surface area contributed by atoms with Gasteiger partial charge in [-0.05, 0) is 42.9 Å². The summed E-state index contributed by atoms with van der Waals surface area (Å²) in [4.78, 5) is 25.0. The molecule has 1 aromatic rings. The van der Waals surface area contributed by atoms with Crippen molar-refractivity contribution in [1.29, 1.82) is 0 Å².